The number of fused-ring (bicyclic) bond motifs is 1. The van der Waals surface area contributed by atoms with Crippen molar-refractivity contribution in [2.24, 2.45) is 5.41 Å². The maximum absolute atomic E-state index is 6.30. The molecule has 2 nitrogen and oxygen atoms in total. The molecule has 1 aromatic carbocycles. The molecule has 0 amide bonds. The number of hydrogen-bond acceptors (Lipinski definition) is 1. The Morgan fingerprint density at radius 2 is 1.84 bits per heavy atom. The van der Waals surface area contributed by atoms with Crippen LogP contribution in [0, 0.1) is 5.41 Å². The molecule has 0 bridgehead atoms. The van der Waals surface area contributed by atoms with Gasteiger partial charge in [-0.1, -0.05) is 38.4 Å². The molecule has 2 rings (SSSR count). The average Bonchev–Trinajstić information content (AvgIpc) is 2.67. The molecule has 2 aromatic rings. The molecule has 2 unspecified atom stereocenters. The molecule has 0 saturated heterocycles. The van der Waals surface area contributed by atoms with Crippen molar-refractivity contribution in [2.75, 3.05) is 0 Å². The highest BCUT2D eigenvalue weighted by molar-refractivity contribution is 6.35. The van der Waals surface area contributed by atoms with Crippen LogP contribution < -0.4 is 0 Å². The summed E-state index contributed by atoms with van der Waals surface area (Å²) in [5, 5.41) is 0.532. The van der Waals surface area contributed by atoms with Crippen molar-refractivity contribution in [1.82, 2.24) is 9.55 Å². The second kappa shape index (κ2) is 4.99. The van der Waals surface area contributed by atoms with Crippen molar-refractivity contribution in [1.29, 1.82) is 0 Å². The molecule has 0 fully saturated rings. The smallest absolute Gasteiger partial charge is 0.128 e. The third-order valence-electron chi connectivity index (χ3n) is 3.69. The normalized spacial score (nSPS) is 15.7. The Kier molecular flexibility index (Phi) is 3.85. The molecular formula is C15H20Cl2N2. The van der Waals surface area contributed by atoms with E-state index < -0.39 is 0 Å². The van der Waals surface area contributed by atoms with E-state index in [9.17, 15) is 0 Å². The molecule has 0 saturated carbocycles. The van der Waals surface area contributed by atoms with E-state index in [0.717, 1.165) is 16.9 Å². The molecule has 0 aliphatic heterocycles. The summed E-state index contributed by atoms with van der Waals surface area (Å²) in [4.78, 5) is 4.65. The second-order valence-electron chi connectivity index (χ2n) is 6.11. The number of alkyl halides is 1. The maximum Gasteiger partial charge on any atom is 0.128 e. The Morgan fingerprint density at radius 1 is 1.21 bits per heavy atom. The molecule has 0 aliphatic rings. The van der Waals surface area contributed by atoms with Gasteiger partial charge in [0.1, 0.15) is 11.3 Å². The van der Waals surface area contributed by atoms with Crippen molar-refractivity contribution in [3.63, 3.8) is 0 Å². The van der Waals surface area contributed by atoms with Gasteiger partial charge in [0.25, 0.3) is 0 Å². The summed E-state index contributed by atoms with van der Waals surface area (Å²) >= 11 is 12.5. The van der Waals surface area contributed by atoms with Gasteiger partial charge < -0.3 is 4.57 Å². The van der Waals surface area contributed by atoms with E-state index in [0.29, 0.717) is 5.02 Å². The highest BCUT2D eigenvalue weighted by Crippen LogP contribution is 2.37. The monoisotopic (exact) mass is 298 g/mol. The Hall–Kier alpha value is -0.730. The molecule has 2 atom stereocenters. The number of benzene rings is 1. The highest BCUT2D eigenvalue weighted by Gasteiger charge is 2.27. The Morgan fingerprint density at radius 3 is 2.37 bits per heavy atom. The Bertz CT molecular complexity index is 594. The summed E-state index contributed by atoms with van der Waals surface area (Å²) in [5.74, 6) is 0.882. The lowest BCUT2D eigenvalue weighted by atomic mass is 9.87. The first-order chi connectivity index (χ1) is 8.73. The Balaban J connectivity index is 2.76. The third kappa shape index (κ3) is 2.61. The number of nitrogens with zero attached hydrogens (tertiary/aromatic N) is 2. The summed E-state index contributed by atoms with van der Waals surface area (Å²) in [6.07, 6.45) is 0. The molecule has 0 spiro atoms. The van der Waals surface area contributed by atoms with Crippen molar-refractivity contribution in [3.05, 3.63) is 29.0 Å². The van der Waals surface area contributed by atoms with E-state index >= 15 is 0 Å². The van der Waals surface area contributed by atoms with Gasteiger partial charge in [0.2, 0.25) is 0 Å². The topological polar surface area (TPSA) is 17.8 Å². The first kappa shape index (κ1) is 14.7. The van der Waals surface area contributed by atoms with E-state index in [2.05, 4.69) is 43.3 Å². The van der Waals surface area contributed by atoms with Gasteiger partial charge in [-0.15, -0.1) is 11.6 Å². The zero-order valence-electron chi connectivity index (χ0n) is 12.0. The molecule has 1 heterocycles. The molecule has 19 heavy (non-hydrogen) atoms. The van der Waals surface area contributed by atoms with Gasteiger partial charge in [-0.05, 0) is 31.4 Å². The van der Waals surface area contributed by atoms with Crippen LogP contribution in [0.3, 0.4) is 0 Å². The number of halogens is 2. The lowest BCUT2D eigenvalue weighted by Gasteiger charge is -2.30. The third-order valence-corrected chi connectivity index (χ3v) is 4.19. The second-order valence-corrected chi connectivity index (χ2v) is 7.17. The van der Waals surface area contributed by atoms with E-state index in [-0.39, 0.29) is 16.8 Å². The van der Waals surface area contributed by atoms with Gasteiger partial charge >= 0.3 is 0 Å². The SMILES string of the molecule is CC(Cl)c1nc2c(Cl)cccc2n1C(C)C(C)(C)C. The quantitative estimate of drug-likeness (QED) is 0.660. The average molecular weight is 299 g/mol. The maximum atomic E-state index is 6.30. The predicted molar refractivity (Wildman–Crippen MR) is 83.2 cm³/mol. The molecular weight excluding hydrogens is 279 g/mol. The fourth-order valence-electron chi connectivity index (χ4n) is 2.18. The van der Waals surface area contributed by atoms with Crippen LogP contribution in [0.2, 0.25) is 5.02 Å². The molecule has 4 heteroatoms. The molecule has 0 aliphatic carbocycles. The minimum Gasteiger partial charge on any atom is -0.323 e. The zero-order valence-corrected chi connectivity index (χ0v) is 13.5. The van der Waals surface area contributed by atoms with E-state index in [1.165, 1.54) is 0 Å². The van der Waals surface area contributed by atoms with Gasteiger partial charge in [-0.2, -0.15) is 0 Å². The van der Waals surface area contributed by atoms with Crippen molar-refractivity contribution >= 4 is 34.2 Å². The summed E-state index contributed by atoms with van der Waals surface area (Å²) < 4.78 is 2.22. The van der Waals surface area contributed by atoms with Gasteiger partial charge in [0.05, 0.1) is 15.9 Å². The zero-order chi connectivity index (χ0) is 14.4. The van der Waals surface area contributed by atoms with Crippen molar-refractivity contribution in [2.45, 2.75) is 46.0 Å². The van der Waals surface area contributed by atoms with Crippen LogP contribution in [0.25, 0.3) is 11.0 Å². The van der Waals surface area contributed by atoms with Crippen LogP contribution in [0.4, 0.5) is 0 Å². The van der Waals surface area contributed by atoms with Gasteiger partial charge in [-0.25, -0.2) is 4.98 Å². The molecule has 104 valence electrons. The first-order valence-electron chi connectivity index (χ1n) is 6.54. The highest BCUT2D eigenvalue weighted by atomic mass is 35.5. The summed E-state index contributed by atoms with van der Waals surface area (Å²) in [5.41, 5.74) is 2.01. The van der Waals surface area contributed by atoms with Crippen LogP contribution in [0.1, 0.15) is 51.9 Å². The minimum atomic E-state index is -0.145. The first-order valence-corrected chi connectivity index (χ1v) is 7.35. The molecule has 0 N–H and O–H groups in total. The fraction of sp³-hybridized carbons (Fsp3) is 0.533. The lowest BCUT2D eigenvalue weighted by molar-refractivity contribution is 0.262. The van der Waals surface area contributed by atoms with Gasteiger partial charge in [-0.3, -0.25) is 0 Å². The predicted octanol–water partition coefficient (Wildman–Crippen LogP) is 5.60. The summed E-state index contributed by atoms with van der Waals surface area (Å²) in [6, 6.07) is 6.17. The standard InChI is InChI=1S/C15H20Cl2N2/c1-9(16)14-18-13-11(17)7-6-8-12(13)19(14)10(2)15(3,4)5/h6-10H,1-5H3. The number of aromatic nitrogens is 2. The van der Waals surface area contributed by atoms with Crippen LogP contribution in [-0.2, 0) is 0 Å². The van der Waals surface area contributed by atoms with Crippen LogP contribution in [0.5, 0.6) is 0 Å². The Labute approximate surface area is 124 Å². The van der Waals surface area contributed by atoms with E-state index in [1.54, 1.807) is 0 Å². The largest absolute Gasteiger partial charge is 0.323 e. The van der Waals surface area contributed by atoms with Crippen LogP contribution >= 0.6 is 23.2 Å². The summed E-state index contributed by atoms with van der Waals surface area (Å²) in [7, 11) is 0. The lowest BCUT2D eigenvalue weighted by Crippen LogP contribution is -2.23. The number of para-hydroxylation sites is 1. The van der Waals surface area contributed by atoms with E-state index in [1.807, 2.05) is 19.1 Å². The minimum absolute atomic E-state index is 0.122. The summed E-state index contributed by atoms with van der Waals surface area (Å²) in [6.45, 7) is 10.8. The molecule has 1 aromatic heterocycles. The molecule has 0 radical (unpaired) electrons. The number of rotatable bonds is 2. The fourth-order valence-corrected chi connectivity index (χ4v) is 2.54. The van der Waals surface area contributed by atoms with Crippen LogP contribution in [-0.4, -0.2) is 9.55 Å². The van der Waals surface area contributed by atoms with Gasteiger partial charge in [0.15, 0.2) is 0 Å². The van der Waals surface area contributed by atoms with Crippen molar-refractivity contribution in [3.8, 4) is 0 Å². The number of hydrogen-bond donors (Lipinski definition) is 0. The van der Waals surface area contributed by atoms with Crippen LogP contribution in [0.15, 0.2) is 18.2 Å². The number of imidazole rings is 1. The van der Waals surface area contributed by atoms with E-state index in [4.69, 9.17) is 23.2 Å². The van der Waals surface area contributed by atoms with Crippen molar-refractivity contribution < 1.29 is 0 Å². The van der Waals surface area contributed by atoms with Gasteiger partial charge in [0, 0.05) is 6.04 Å².